The normalized spacial score (nSPS) is 12.3. The molecule has 2 heterocycles. The first kappa shape index (κ1) is 16.8. The van der Waals surface area contributed by atoms with E-state index in [4.69, 9.17) is 9.47 Å². The highest BCUT2D eigenvalue weighted by molar-refractivity contribution is 7.18. The lowest BCUT2D eigenvalue weighted by atomic mass is 10.1. The molecular formula is C22H16N2O3S. The quantitative estimate of drug-likeness (QED) is 0.542. The number of thiazole rings is 1. The zero-order valence-electron chi connectivity index (χ0n) is 14.8. The van der Waals surface area contributed by atoms with Gasteiger partial charge in [-0.3, -0.25) is 4.79 Å². The monoisotopic (exact) mass is 388 g/mol. The van der Waals surface area contributed by atoms with E-state index in [-0.39, 0.29) is 12.7 Å². The Morgan fingerprint density at radius 3 is 2.68 bits per heavy atom. The number of aromatic nitrogens is 1. The Hall–Kier alpha value is -3.38. The van der Waals surface area contributed by atoms with Crippen LogP contribution in [0, 0.1) is 0 Å². The second kappa shape index (κ2) is 6.98. The highest BCUT2D eigenvalue weighted by Gasteiger charge is 2.16. The number of nitrogens with one attached hydrogen (secondary N) is 1. The fourth-order valence-corrected chi connectivity index (χ4v) is 4.12. The Morgan fingerprint density at radius 1 is 1.00 bits per heavy atom. The largest absolute Gasteiger partial charge is 0.454 e. The van der Waals surface area contributed by atoms with Gasteiger partial charge in [-0.25, -0.2) is 4.98 Å². The summed E-state index contributed by atoms with van der Waals surface area (Å²) >= 11 is 1.71. The molecule has 5 nitrogen and oxygen atoms in total. The average molecular weight is 388 g/mol. The van der Waals surface area contributed by atoms with Gasteiger partial charge in [0.25, 0.3) is 5.91 Å². The summed E-state index contributed by atoms with van der Waals surface area (Å²) in [6.07, 6.45) is 0.774. The number of benzene rings is 3. The standard InChI is InChI=1S/C22H16N2O3S/c25-22(15-7-10-18-19(12-15)27-13-26-18)23-16-8-5-14(6-9-16)11-21-24-17-3-1-2-4-20(17)28-21/h1-10,12H,11,13H2,(H,23,25). The number of fused-ring (bicyclic) bond motifs is 2. The van der Waals surface area contributed by atoms with Gasteiger partial charge in [-0.05, 0) is 48.0 Å². The van der Waals surface area contributed by atoms with Crippen LogP contribution >= 0.6 is 11.3 Å². The predicted molar refractivity (Wildman–Crippen MR) is 109 cm³/mol. The number of nitrogens with zero attached hydrogens (tertiary/aromatic N) is 1. The van der Waals surface area contributed by atoms with E-state index in [9.17, 15) is 4.79 Å². The van der Waals surface area contributed by atoms with E-state index in [1.807, 2.05) is 42.5 Å². The fraction of sp³-hybridized carbons (Fsp3) is 0.0909. The Morgan fingerprint density at radius 2 is 1.82 bits per heavy atom. The van der Waals surface area contributed by atoms with Gasteiger partial charge in [0.2, 0.25) is 6.79 Å². The summed E-state index contributed by atoms with van der Waals surface area (Å²) in [7, 11) is 0. The van der Waals surface area contributed by atoms with E-state index >= 15 is 0 Å². The summed E-state index contributed by atoms with van der Waals surface area (Å²) < 4.78 is 11.8. The zero-order valence-corrected chi connectivity index (χ0v) is 15.7. The molecule has 28 heavy (non-hydrogen) atoms. The number of carbonyl (C=O) groups excluding carboxylic acids is 1. The first-order valence-electron chi connectivity index (χ1n) is 8.89. The summed E-state index contributed by atoms with van der Waals surface area (Å²) in [6, 6.07) is 21.2. The molecule has 1 aromatic heterocycles. The number of amides is 1. The Labute approximate surface area is 165 Å². The molecule has 1 aliphatic heterocycles. The van der Waals surface area contributed by atoms with Crippen molar-refractivity contribution >= 4 is 33.1 Å². The van der Waals surface area contributed by atoms with Crippen molar-refractivity contribution in [3.63, 3.8) is 0 Å². The number of hydrogen-bond acceptors (Lipinski definition) is 5. The topological polar surface area (TPSA) is 60.5 Å². The lowest BCUT2D eigenvalue weighted by molar-refractivity contribution is 0.102. The fourth-order valence-electron chi connectivity index (χ4n) is 3.12. The number of para-hydroxylation sites is 1. The van der Waals surface area contributed by atoms with Gasteiger partial charge in [-0.15, -0.1) is 11.3 Å². The summed E-state index contributed by atoms with van der Waals surface area (Å²) in [5.74, 6) is 1.08. The second-order valence-corrected chi connectivity index (χ2v) is 7.59. The molecule has 0 saturated carbocycles. The molecule has 0 fully saturated rings. The maximum absolute atomic E-state index is 12.5. The van der Waals surface area contributed by atoms with Crippen LogP contribution in [0.5, 0.6) is 11.5 Å². The van der Waals surface area contributed by atoms with E-state index in [2.05, 4.69) is 16.4 Å². The van der Waals surface area contributed by atoms with Gasteiger partial charge in [0, 0.05) is 17.7 Å². The average Bonchev–Trinajstić information content (AvgIpc) is 3.34. The van der Waals surface area contributed by atoms with Crippen molar-refractivity contribution in [2.75, 3.05) is 12.1 Å². The van der Waals surface area contributed by atoms with Crippen molar-refractivity contribution in [3.05, 3.63) is 82.9 Å². The molecule has 0 bridgehead atoms. The van der Waals surface area contributed by atoms with Gasteiger partial charge in [-0.1, -0.05) is 24.3 Å². The third-order valence-electron chi connectivity index (χ3n) is 4.54. The van der Waals surface area contributed by atoms with E-state index in [1.165, 1.54) is 4.70 Å². The van der Waals surface area contributed by atoms with Gasteiger partial charge in [0.15, 0.2) is 11.5 Å². The molecule has 0 aliphatic carbocycles. The number of hydrogen-bond donors (Lipinski definition) is 1. The van der Waals surface area contributed by atoms with Crippen LogP contribution in [0.15, 0.2) is 66.7 Å². The van der Waals surface area contributed by atoms with Crippen molar-refractivity contribution in [2.45, 2.75) is 6.42 Å². The van der Waals surface area contributed by atoms with Crippen molar-refractivity contribution in [1.82, 2.24) is 4.98 Å². The Bertz CT molecular complexity index is 1140. The van der Waals surface area contributed by atoms with Gasteiger partial charge in [0.05, 0.1) is 15.2 Å². The minimum absolute atomic E-state index is 0.183. The molecule has 0 unspecified atom stereocenters. The molecule has 3 aromatic carbocycles. The molecule has 0 atom stereocenters. The summed E-state index contributed by atoms with van der Waals surface area (Å²) in [6.45, 7) is 0.191. The maximum atomic E-state index is 12.5. The van der Waals surface area contributed by atoms with Crippen LogP contribution in [0.3, 0.4) is 0 Å². The summed E-state index contributed by atoms with van der Waals surface area (Å²) in [4.78, 5) is 17.1. The van der Waals surface area contributed by atoms with Crippen LogP contribution in [0.4, 0.5) is 5.69 Å². The molecule has 1 aliphatic rings. The van der Waals surface area contributed by atoms with Crippen LogP contribution in [-0.4, -0.2) is 17.7 Å². The molecule has 5 rings (SSSR count). The van der Waals surface area contributed by atoms with Crippen molar-refractivity contribution < 1.29 is 14.3 Å². The smallest absolute Gasteiger partial charge is 0.255 e. The number of carbonyl (C=O) groups is 1. The highest BCUT2D eigenvalue weighted by Crippen LogP contribution is 2.32. The second-order valence-electron chi connectivity index (χ2n) is 6.47. The summed E-state index contributed by atoms with van der Waals surface area (Å²) in [5.41, 5.74) is 3.47. The van der Waals surface area contributed by atoms with Crippen molar-refractivity contribution in [3.8, 4) is 11.5 Å². The van der Waals surface area contributed by atoms with Gasteiger partial charge >= 0.3 is 0 Å². The van der Waals surface area contributed by atoms with Crippen LogP contribution in [0.2, 0.25) is 0 Å². The van der Waals surface area contributed by atoms with E-state index in [0.717, 1.165) is 28.2 Å². The van der Waals surface area contributed by atoms with Crippen LogP contribution in [0.1, 0.15) is 20.9 Å². The highest BCUT2D eigenvalue weighted by atomic mass is 32.1. The van der Waals surface area contributed by atoms with Gasteiger partial charge in [-0.2, -0.15) is 0 Å². The predicted octanol–water partition coefficient (Wildman–Crippen LogP) is 4.87. The van der Waals surface area contributed by atoms with E-state index < -0.39 is 0 Å². The first-order chi connectivity index (χ1) is 13.7. The lowest BCUT2D eigenvalue weighted by Gasteiger charge is -2.07. The van der Waals surface area contributed by atoms with Crippen molar-refractivity contribution in [2.24, 2.45) is 0 Å². The maximum Gasteiger partial charge on any atom is 0.255 e. The third-order valence-corrected chi connectivity index (χ3v) is 5.58. The molecule has 6 heteroatoms. The molecule has 0 saturated heterocycles. The van der Waals surface area contributed by atoms with Gasteiger partial charge < -0.3 is 14.8 Å². The SMILES string of the molecule is O=C(Nc1ccc(Cc2nc3ccccc3s2)cc1)c1ccc2c(c1)OCO2. The van der Waals surface area contributed by atoms with Crippen LogP contribution < -0.4 is 14.8 Å². The first-order valence-corrected chi connectivity index (χ1v) is 9.71. The molecule has 1 N–H and O–H groups in total. The molecule has 138 valence electrons. The summed E-state index contributed by atoms with van der Waals surface area (Å²) in [5, 5.41) is 4.00. The van der Waals surface area contributed by atoms with Gasteiger partial charge in [0.1, 0.15) is 0 Å². The number of ether oxygens (including phenoxy) is 2. The lowest BCUT2D eigenvalue weighted by Crippen LogP contribution is -2.11. The number of anilines is 1. The molecule has 1 amide bonds. The zero-order chi connectivity index (χ0) is 18.9. The number of rotatable bonds is 4. The minimum Gasteiger partial charge on any atom is -0.454 e. The Balaban J connectivity index is 1.27. The molecule has 0 radical (unpaired) electrons. The van der Waals surface area contributed by atoms with Crippen molar-refractivity contribution in [1.29, 1.82) is 0 Å². The van der Waals surface area contributed by atoms with Crippen LogP contribution in [0.25, 0.3) is 10.2 Å². The van der Waals surface area contributed by atoms with E-state index in [1.54, 1.807) is 29.5 Å². The molecule has 0 spiro atoms. The molecule has 4 aromatic rings. The Kier molecular flexibility index (Phi) is 4.18. The van der Waals surface area contributed by atoms with E-state index in [0.29, 0.717) is 17.1 Å². The minimum atomic E-state index is -0.183. The van der Waals surface area contributed by atoms with Crippen LogP contribution in [-0.2, 0) is 6.42 Å². The third kappa shape index (κ3) is 3.30. The molecular weight excluding hydrogens is 372 g/mol.